The van der Waals surface area contributed by atoms with Crippen molar-refractivity contribution < 1.29 is 9.53 Å². The van der Waals surface area contributed by atoms with Crippen molar-refractivity contribution in [2.75, 3.05) is 44.3 Å². The summed E-state index contributed by atoms with van der Waals surface area (Å²) in [4.78, 5) is 24.2. The molecule has 6 heteroatoms. The van der Waals surface area contributed by atoms with Gasteiger partial charge in [0.05, 0.1) is 19.1 Å². The lowest BCUT2D eigenvalue weighted by atomic mass is 9.98. The molecule has 0 aliphatic carbocycles. The lowest BCUT2D eigenvalue weighted by Crippen LogP contribution is -2.56. The van der Waals surface area contributed by atoms with Gasteiger partial charge in [0, 0.05) is 32.4 Å². The zero-order valence-corrected chi connectivity index (χ0v) is 10.2. The number of rotatable bonds is 2. The standard InChI is InChI=1S/C12H16N4O2/c17-12(15-3-5-18-6-4-15)10-7-16(8-10)11-1-2-13-9-14-11/h1-2,9-10H,3-8H2. The number of hydrogen-bond donors (Lipinski definition) is 0. The molecule has 0 aromatic carbocycles. The van der Waals surface area contributed by atoms with Crippen LogP contribution in [0.25, 0.3) is 0 Å². The summed E-state index contributed by atoms with van der Waals surface area (Å²) in [6, 6.07) is 1.87. The first-order chi connectivity index (χ1) is 8.84. The van der Waals surface area contributed by atoms with Gasteiger partial charge in [-0.05, 0) is 6.07 Å². The predicted molar refractivity (Wildman–Crippen MR) is 65.1 cm³/mol. The van der Waals surface area contributed by atoms with Crippen molar-refractivity contribution in [3.63, 3.8) is 0 Å². The maximum atomic E-state index is 12.2. The van der Waals surface area contributed by atoms with Crippen molar-refractivity contribution in [2.24, 2.45) is 5.92 Å². The third-order valence-corrected chi connectivity index (χ3v) is 3.44. The summed E-state index contributed by atoms with van der Waals surface area (Å²) >= 11 is 0. The smallest absolute Gasteiger partial charge is 0.229 e. The molecule has 96 valence electrons. The molecule has 0 spiro atoms. The number of nitrogens with zero attached hydrogens (tertiary/aromatic N) is 4. The molecule has 0 N–H and O–H groups in total. The van der Waals surface area contributed by atoms with Crippen LogP contribution in [0.4, 0.5) is 5.82 Å². The van der Waals surface area contributed by atoms with E-state index >= 15 is 0 Å². The Morgan fingerprint density at radius 3 is 2.78 bits per heavy atom. The van der Waals surface area contributed by atoms with Crippen LogP contribution in [0.3, 0.4) is 0 Å². The SMILES string of the molecule is O=C(C1CN(c2ccncn2)C1)N1CCOCC1. The summed E-state index contributed by atoms with van der Waals surface area (Å²) in [5.74, 6) is 1.26. The Balaban J connectivity index is 1.54. The summed E-state index contributed by atoms with van der Waals surface area (Å²) in [7, 11) is 0. The van der Waals surface area contributed by atoms with Gasteiger partial charge >= 0.3 is 0 Å². The molecule has 1 aromatic rings. The maximum Gasteiger partial charge on any atom is 0.229 e. The van der Waals surface area contributed by atoms with Gasteiger partial charge in [0.1, 0.15) is 12.1 Å². The average Bonchev–Trinajstić information content (AvgIpc) is 2.39. The van der Waals surface area contributed by atoms with E-state index < -0.39 is 0 Å². The molecule has 3 rings (SSSR count). The molecule has 6 nitrogen and oxygen atoms in total. The monoisotopic (exact) mass is 248 g/mol. The molecule has 0 radical (unpaired) electrons. The zero-order chi connectivity index (χ0) is 12.4. The normalized spacial score (nSPS) is 20.7. The molecule has 2 fully saturated rings. The number of carbonyl (C=O) groups excluding carboxylic acids is 1. The molecule has 0 atom stereocenters. The highest BCUT2D eigenvalue weighted by Gasteiger charge is 2.36. The molecule has 1 amide bonds. The number of anilines is 1. The van der Waals surface area contributed by atoms with Crippen molar-refractivity contribution in [1.82, 2.24) is 14.9 Å². The number of amides is 1. The first-order valence-electron chi connectivity index (χ1n) is 6.22. The molecule has 1 aromatic heterocycles. The van der Waals surface area contributed by atoms with Gasteiger partial charge in [-0.3, -0.25) is 4.79 Å². The third-order valence-electron chi connectivity index (χ3n) is 3.44. The topological polar surface area (TPSA) is 58.6 Å². The molecule has 2 saturated heterocycles. The van der Waals surface area contributed by atoms with Crippen molar-refractivity contribution >= 4 is 11.7 Å². The van der Waals surface area contributed by atoms with E-state index in [1.54, 1.807) is 6.20 Å². The lowest BCUT2D eigenvalue weighted by Gasteiger charge is -2.41. The van der Waals surface area contributed by atoms with E-state index in [2.05, 4.69) is 14.9 Å². The van der Waals surface area contributed by atoms with Gasteiger partial charge < -0.3 is 14.5 Å². The highest BCUT2D eigenvalue weighted by molar-refractivity contribution is 5.82. The fourth-order valence-electron chi connectivity index (χ4n) is 2.33. The molecule has 18 heavy (non-hydrogen) atoms. The van der Waals surface area contributed by atoms with E-state index in [-0.39, 0.29) is 11.8 Å². The fourth-order valence-corrected chi connectivity index (χ4v) is 2.33. The molecule has 0 bridgehead atoms. The van der Waals surface area contributed by atoms with E-state index in [4.69, 9.17) is 4.74 Å². The van der Waals surface area contributed by atoms with Gasteiger partial charge in [-0.1, -0.05) is 0 Å². The van der Waals surface area contributed by atoms with E-state index in [0.717, 1.165) is 32.0 Å². The van der Waals surface area contributed by atoms with Gasteiger partial charge in [0.15, 0.2) is 0 Å². The third kappa shape index (κ3) is 2.15. The van der Waals surface area contributed by atoms with Crippen molar-refractivity contribution in [3.05, 3.63) is 18.6 Å². The Hall–Kier alpha value is -1.69. The fraction of sp³-hybridized carbons (Fsp3) is 0.583. The van der Waals surface area contributed by atoms with Gasteiger partial charge in [-0.2, -0.15) is 0 Å². The summed E-state index contributed by atoms with van der Waals surface area (Å²) < 4.78 is 5.25. The van der Waals surface area contributed by atoms with Gasteiger partial charge in [-0.15, -0.1) is 0 Å². The lowest BCUT2D eigenvalue weighted by molar-refractivity contribution is -0.140. The van der Waals surface area contributed by atoms with Crippen LogP contribution in [0, 0.1) is 5.92 Å². The summed E-state index contributed by atoms with van der Waals surface area (Å²) in [6.45, 7) is 4.29. The zero-order valence-electron chi connectivity index (χ0n) is 10.2. The Morgan fingerprint density at radius 2 is 2.11 bits per heavy atom. The average molecular weight is 248 g/mol. The Bertz CT molecular complexity index is 413. The van der Waals surface area contributed by atoms with Crippen LogP contribution in [0.1, 0.15) is 0 Å². The summed E-state index contributed by atoms with van der Waals surface area (Å²) in [5, 5.41) is 0. The molecule has 3 heterocycles. The second-order valence-corrected chi connectivity index (χ2v) is 4.61. The van der Waals surface area contributed by atoms with Crippen LogP contribution in [-0.2, 0) is 9.53 Å². The maximum absolute atomic E-state index is 12.2. The van der Waals surface area contributed by atoms with Gasteiger partial charge in [0.2, 0.25) is 5.91 Å². The van der Waals surface area contributed by atoms with Crippen LogP contribution in [0.5, 0.6) is 0 Å². The van der Waals surface area contributed by atoms with Crippen LogP contribution in [0.2, 0.25) is 0 Å². The second-order valence-electron chi connectivity index (χ2n) is 4.61. The second kappa shape index (κ2) is 4.89. The molecule has 0 saturated carbocycles. The van der Waals surface area contributed by atoms with Gasteiger partial charge in [0.25, 0.3) is 0 Å². The van der Waals surface area contributed by atoms with Gasteiger partial charge in [-0.25, -0.2) is 9.97 Å². The molecule has 2 aliphatic heterocycles. The number of ether oxygens (including phenoxy) is 1. The molecule has 0 unspecified atom stereocenters. The number of aromatic nitrogens is 2. The van der Waals surface area contributed by atoms with Crippen molar-refractivity contribution in [2.45, 2.75) is 0 Å². The van der Waals surface area contributed by atoms with E-state index in [0.29, 0.717) is 13.2 Å². The first-order valence-corrected chi connectivity index (χ1v) is 6.22. The molecular weight excluding hydrogens is 232 g/mol. The van der Waals surface area contributed by atoms with E-state index in [1.165, 1.54) is 6.33 Å². The van der Waals surface area contributed by atoms with Crippen LogP contribution in [-0.4, -0.2) is 60.2 Å². The highest BCUT2D eigenvalue weighted by Crippen LogP contribution is 2.23. The van der Waals surface area contributed by atoms with Crippen LogP contribution in [0.15, 0.2) is 18.6 Å². The molecule has 2 aliphatic rings. The summed E-state index contributed by atoms with van der Waals surface area (Å²) in [5.41, 5.74) is 0. The number of hydrogen-bond acceptors (Lipinski definition) is 5. The predicted octanol–water partition coefficient (Wildman–Crippen LogP) is -0.228. The molecular formula is C12H16N4O2. The Morgan fingerprint density at radius 1 is 1.33 bits per heavy atom. The minimum atomic E-state index is 0.109. The van der Waals surface area contributed by atoms with Crippen LogP contribution >= 0.6 is 0 Å². The Kier molecular flexibility index (Phi) is 3.10. The first kappa shape index (κ1) is 11.4. The van der Waals surface area contributed by atoms with Crippen LogP contribution < -0.4 is 4.90 Å². The number of carbonyl (C=O) groups is 1. The van der Waals surface area contributed by atoms with E-state index in [9.17, 15) is 4.79 Å². The number of morpholine rings is 1. The largest absolute Gasteiger partial charge is 0.378 e. The highest BCUT2D eigenvalue weighted by atomic mass is 16.5. The minimum Gasteiger partial charge on any atom is -0.378 e. The van der Waals surface area contributed by atoms with Crippen molar-refractivity contribution in [3.8, 4) is 0 Å². The Labute approximate surface area is 106 Å². The summed E-state index contributed by atoms with van der Waals surface area (Å²) in [6.07, 6.45) is 3.26. The quantitative estimate of drug-likeness (QED) is 0.723. The minimum absolute atomic E-state index is 0.109. The van der Waals surface area contributed by atoms with Crippen molar-refractivity contribution in [1.29, 1.82) is 0 Å². The van der Waals surface area contributed by atoms with E-state index in [1.807, 2.05) is 11.0 Å².